The lowest BCUT2D eigenvalue weighted by Crippen LogP contribution is -2.61. The summed E-state index contributed by atoms with van der Waals surface area (Å²) in [7, 11) is 0. The van der Waals surface area contributed by atoms with E-state index >= 15 is 0 Å². The zero-order chi connectivity index (χ0) is 13.2. The normalized spacial score (nSPS) is 27.6. The fraction of sp³-hybridized carbons (Fsp3) is 0.667. The van der Waals surface area contributed by atoms with Crippen molar-refractivity contribution in [3.05, 3.63) is 30.1 Å². The van der Waals surface area contributed by atoms with Crippen molar-refractivity contribution in [2.75, 3.05) is 6.61 Å². The fourth-order valence-electron chi connectivity index (χ4n) is 2.70. The molecule has 3 atom stereocenters. The minimum Gasteiger partial charge on any atom is -0.378 e. The summed E-state index contributed by atoms with van der Waals surface area (Å²) in [6.45, 7) is 9.65. The van der Waals surface area contributed by atoms with Gasteiger partial charge in [-0.2, -0.15) is 0 Å². The summed E-state index contributed by atoms with van der Waals surface area (Å²) >= 11 is 0. The van der Waals surface area contributed by atoms with Crippen LogP contribution >= 0.6 is 0 Å². The molecule has 1 aliphatic carbocycles. The van der Waals surface area contributed by atoms with E-state index in [-0.39, 0.29) is 5.41 Å². The molecule has 0 saturated heterocycles. The van der Waals surface area contributed by atoms with Gasteiger partial charge in [0.1, 0.15) is 0 Å². The number of nitrogens with zero attached hydrogens (tertiary/aromatic N) is 1. The molecule has 1 aromatic heterocycles. The zero-order valence-corrected chi connectivity index (χ0v) is 11.8. The summed E-state index contributed by atoms with van der Waals surface area (Å²) in [6, 6.07) is 5.03. The summed E-state index contributed by atoms with van der Waals surface area (Å²) in [5.74, 6) is 0. The van der Waals surface area contributed by atoms with Crippen LogP contribution in [0.3, 0.4) is 0 Å². The Morgan fingerprint density at radius 2 is 2.11 bits per heavy atom. The van der Waals surface area contributed by atoms with Crippen molar-refractivity contribution in [2.24, 2.45) is 5.41 Å². The molecule has 1 N–H and O–H groups in total. The van der Waals surface area contributed by atoms with E-state index < -0.39 is 0 Å². The molecule has 18 heavy (non-hydrogen) atoms. The molecule has 3 heteroatoms. The maximum Gasteiger partial charge on any atom is 0.0655 e. The first-order chi connectivity index (χ1) is 8.55. The second kappa shape index (κ2) is 5.37. The highest BCUT2D eigenvalue weighted by Gasteiger charge is 2.48. The van der Waals surface area contributed by atoms with Crippen LogP contribution in [-0.4, -0.2) is 23.7 Å². The van der Waals surface area contributed by atoms with Gasteiger partial charge in [-0.15, -0.1) is 0 Å². The lowest BCUT2D eigenvalue weighted by atomic mass is 9.64. The number of rotatable bonds is 5. The number of aromatic nitrogens is 1. The van der Waals surface area contributed by atoms with Gasteiger partial charge >= 0.3 is 0 Å². The molecule has 2 unspecified atom stereocenters. The Hall–Kier alpha value is -0.930. The topological polar surface area (TPSA) is 34.1 Å². The summed E-state index contributed by atoms with van der Waals surface area (Å²) in [5, 5.41) is 3.70. The van der Waals surface area contributed by atoms with E-state index in [1.165, 1.54) is 5.56 Å². The predicted octanol–water partition coefficient (Wildman–Crippen LogP) is 2.94. The van der Waals surface area contributed by atoms with Gasteiger partial charge in [-0.1, -0.05) is 13.8 Å². The van der Waals surface area contributed by atoms with Crippen molar-refractivity contribution >= 4 is 0 Å². The van der Waals surface area contributed by atoms with Crippen molar-refractivity contribution in [2.45, 2.75) is 52.3 Å². The smallest absolute Gasteiger partial charge is 0.0655 e. The molecule has 0 aromatic carbocycles. The van der Waals surface area contributed by atoms with E-state index in [0.29, 0.717) is 18.2 Å². The molecule has 3 nitrogen and oxygen atoms in total. The first-order valence-corrected chi connectivity index (χ1v) is 6.83. The highest BCUT2D eigenvalue weighted by molar-refractivity contribution is 5.15. The Morgan fingerprint density at radius 3 is 2.67 bits per heavy atom. The maximum atomic E-state index is 5.76. The monoisotopic (exact) mass is 248 g/mol. The van der Waals surface area contributed by atoms with Crippen LogP contribution in [-0.2, 0) is 4.74 Å². The Labute approximate surface area is 110 Å². The van der Waals surface area contributed by atoms with Crippen LogP contribution in [0, 0.1) is 5.41 Å². The van der Waals surface area contributed by atoms with Crippen LogP contribution in [0.1, 0.15) is 45.7 Å². The molecular formula is C15H24N2O. The quantitative estimate of drug-likeness (QED) is 0.870. The van der Waals surface area contributed by atoms with Crippen molar-refractivity contribution in [1.29, 1.82) is 0 Å². The van der Waals surface area contributed by atoms with E-state index in [2.05, 4.69) is 50.1 Å². The summed E-state index contributed by atoms with van der Waals surface area (Å²) in [4.78, 5) is 4.06. The molecule has 0 bridgehead atoms. The molecule has 1 heterocycles. The number of pyridine rings is 1. The number of hydrogen-bond donors (Lipinski definition) is 1. The Balaban J connectivity index is 1.92. The number of nitrogens with one attached hydrogen (secondary N) is 1. The number of hydrogen-bond acceptors (Lipinski definition) is 3. The predicted molar refractivity (Wildman–Crippen MR) is 73.4 cm³/mol. The van der Waals surface area contributed by atoms with E-state index in [0.717, 1.165) is 13.0 Å². The lowest BCUT2D eigenvalue weighted by Gasteiger charge is -2.52. The third kappa shape index (κ3) is 2.57. The molecule has 100 valence electrons. The van der Waals surface area contributed by atoms with Crippen LogP contribution in [0.25, 0.3) is 0 Å². The lowest BCUT2D eigenvalue weighted by molar-refractivity contribution is -0.116. The van der Waals surface area contributed by atoms with E-state index in [4.69, 9.17) is 4.74 Å². The van der Waals surface area contributed by atoms with Crippen LogP contribution in [0.15, 0.2) is 24.5 Å². The van der Waals surface area contributed by atoms with Gasteiger partial charge in [0.25, 0.3) is 0 Å². The Morgan fingerprint density at radius 1 is 1.44 bits per heavy atom. The van der Waals surface area contributed by atoms with Crippen molar-refractivity contribution in [3.8, 4) is 0 Å². The van der Waals surface area contributed by atoms with Gasteiger partial charge in [0.2, 0.25) is 0 Å². The molecular weight excluding hydrogens is 224 g/mol. The summed E-state index contributed by atoms with van der Waals surface area (Å²) in [6.07, 6.45) is 5.20. The molecule has 0 amide bonds. The van der Waals surface area contributed by atoms with Gasteiger partial charge in [0.05, 0.1) is 6.10 Å². The first kappa shape index (κ1) is 13.5. The van der Waals surface area contributed by atoms with Gasteiger partial charge in [-0.05, 0) is 38.0 Å². The van der Waals surface area contributed by atoms with Crippen molar-refractivity contribution < 1.29 is 4.74 Å². The molecule has 1 saturated carbocycles. The Bertz CT molecular complexity index is 377. The minimum absolute atomic E-state index is 0.220. The molecule has 0 radical (unpaired) electrons. The highest BCUT2D eigenvalue weighted by Crippen LogP contribution is 2.43. The largest absolute Gasteiger partial charge is 0.378 e. The van der Waals surface area contributed by atoms with Gasteiger partial charge < -0.3 is 10.1 Å². The van der Waals surface area contributed by atoms with Crippen LogP contribution in [0.4, 0.5) is 0 Å². The Kier molecular flexibility index (Phi) is 4.03. The van der Waals surface area contributed by atoms with Crippen LogP contribution < -0.4 is 5.32 Å². The summed E-state index contributed by atoms with van der Waals surface area (Å²) < 4.78 is 5.76. The van der Waals surface area contributed by atoms with Gasteiger partial charge in [-0.3, -0.25) is 4.98 Å². The molecule has 1 fully saturated rings. The van der Waals surface area contributed by atoms with Crippen LogP contribution in [0.2, 0.25) is 0 Å². The molecule has 1 aliphatic rings. The minimum atomic E-state index is 0.220. The third-order valence-electron chi connectivity index (χ3n) is 4.20. The highest BCUT2D eigenvalue weighted by atomic mass is 16.5. The standard InChI is InChI=1S/C15H24N2O/c1-5-18-14-10-13(15(14,3)4)17-11(2)12-6-8-16-9-7-12/h6-9,11,13-14,17H,5,10H2,1-4H3/t11-,13?,14?/m0/s1. The fourth-order valence-corrected chi connectivity index (χ4v) is 2.70. The third-order valence-corrected chi connectivity index (χ3v) is 4.20. The van der Waals surface area contributed by atoms with Gasteiger partial charge in [0, 0.05) is 36.5 Å². The molecule has 0 aliphatic heterocycles. The van der Waals surface area contributed by atoms with E-state index in [1.807, 2.05) is 12.4 Å². The van der Waals surface area contributed by atoms with Gasteiger partial charge in [-0.25, -0.2) is 0 Å². The zero-order valence-electron chi connectivity index (χ0n) is 11.8. The second-order valence-corrected chi connectivity index (χ2v) is 5.72. The first-order valence-electron chi connectivity index (χ1n) is 6.83. The maximum absolute atomic E-state index is 5.76. The molecule has 2 rings (SSSR count). The van der Waals surface area contributed by atoms with Crippen LogP contribution in [0.5, 0.6) is 0 Å². The average molecular weight is 248 g/mol. The van der Waals surface area contributed by atoms with Crippen molar-refractivity contribution in [3.63, 3.8) is 0 Å². The van der Waals surface area contributed by atoms with E-state index in [9.17, 15) is 0 Å². The molecule has 0 spiro atoms. The van der Waals surface area contributed by atoms with Gasteiger partial charge in [0.15, 0.2) is 0 Å². The SMILES string of the molecule is CCOC1CC(N[C@@H](C)c2ccncc2)C1(C)C. The summed E-state index contributed by atoms with van der Waals surface area (Å²) in [5.41, 5.74) is 1.51. The molecule has 1 aromatic rings. The number of ether oxygens (including phenoxy) is 1. The second-order valence-electron chi connectivity index (χ2n) is 5.72. The average Bonchev–Trinajstić information content (AvgIpc) is 2.38. The van der Waals surface area contributed by atoms with Crippen molar-refractivity contribution in [1.82, 2.24) is 10.3 Å². The van der Waals surface area contributed by atoms with E-state index in [1.54, 1.807) is 0 Å².